The lowest BCUT2D eigenvalue weighted by atomic mass is 10.0. The Kier molecular flexibility index (Phi) is 5.53. The van der Waals surface area contributed by atoms with Crippen LogP contribution in [0.2, 0.25) is 0 Å². The maximum absolute atomic E-state index is 11.7. The number of methoxy groups -OCH3 is 1. The quantitative estimate of drug-likeness (QED) is 0.812. The second-order valence-electron chi connectivity index (χ2n) is 7.02. The number of anilines is 1. The van der Waals surface area contributed by atoms with Gasteiger partial charge in [0.2, 0.25) is 6.79 Å². The molecule has 2 aliphatic heterocycles. The molecule has 2 N–H and O–H groups in total. The molecule has 0 aliphatic carbocycles. The Morgan fingerprint density at radius 2 is 1.89 bits per heavy atom. The average molecular weight is 384 g/mol. The molecular weight excluding hydrogens is 358 g/mol. The Labute approximate surface area is 164 Å². The van der Waals surface area contributed by atoms with Gasteiger partial charge < -0.3 is 29.3 Å². The largest absolute Gasteiger partial charge is 0.454 e. The summed E-state index contributed by atoms with van der Waals surface area (Å²) in [6.45, 7) is 4.67. The molecule has 28 heavy (non-hydrogen) atoms. The van der Waals surface area contributed by atoms with Gasteiger partial charge in [-0.25, -0.2) is 4.79 Å². The van der Waals surface area contributed by atoms with E-state index in [0.717, 1.165) is 43.2 Å². The Balaban J connectivity index is 1.48. The van der Waals surface area contributed by atoms with E-state index in [1.165, 1.54) is 17.7 Å². The van der Waals surface area contributed by atoms with Gasteiger partial charge in [-0.15, -0.1) is 0 Å². The topological polar surface area (TPSA) is 64.5 Å². The number of carbonyl (C=O) groups excluding carboxylic acids is 1. The van der Waals surface area contributed by atoms with Crippen molar-refractivity contribution < 1.29 is 23.9 Å². The SMILES string of the molecule is COC(=O)NC[C@@H](c1ccc2c(c1)OCO2)[NH+]1CCN(c2ccccc2)CC1. The molecule has 0 spiro atoms. The minimum Gasteiger partial charge on any atom is -0.454 e. The van der Waals surface area contributed by atoms with Gasteiger partial charge in [-0.1, -0.05) is 18.2 Å². The lowest BCUT2D eigenvalue weighted by Crippen LogP contribution is -3.15. The number of piperazine rings is 1. The molecule has 1 atom stereocenters. The first-order valence-electron chi connectivity index (χ1n) is 9.60. The van der Waals surface area contributed by atoms with Gasteiger partial charge in [-0.05, 0) is 30.3 Å². The van der Waals surface area contributed by atoms with Crippen LogP contribution in [0.3, 0.4) is 0 Å². The predicted molar refractivity (Wildman–Crippen MR) is 105 cm³/mol. The molecule has 2 aromatic rings. The van der Waals surface area contributed by atoms with Crippen LogP contribution < -0.4 is 24.6 Å². The van der Waals surface area contributed by atoms with E-state index in [1.807, 2.05) is 18.2 Å². The first-order valence-corrected chi connectivity index (χ1v) is 9.60. The Bertz CT molecular complexity index is 807. The molecule has 0 aromatic heterocycles. The highest BCUT2D eigenvalue weighted by Crippen LogP contribution is 2.33. The smallest absolute Gasteiger partial charge is 0.407 e. The van der Waals surface area contributed by atoms with Gasteiger partial charge in [0.25, 0.3) is 0 Å². The van der Waals surface area contributed by atoms with Gasteiger partial charge >= 0.3 is 6.09 Å². The lowest BCUT2D eigenvalue weighted by molar-refractivity contribution is -0.931. The zero-order chi connectivity index (χ0) is 19.3. The number of alkyl carbamates (subject to hydrolysis) is 1. The maximum atomic E-state index is 11.7. The molecule has 4 rings (SSSR count). The fourth-order valence-corrected chi connectivity index (χ4v) is 3.92. The Morgan fingerprint density at radius 3 is 2.64 bits per heavy atom. The Morgan fingerprint density at radius 1 is 1.14 bits per heavy atom. The minimum atomic E-state index is -0.409. The molecule has 1 amide bonds. The second-order valence-corrected chi connectivity index (χ2v) is 7.02. The molecule has 1 saturated heterocycles. The molecule has 0 saturated carbocycles. The summed E-state index contributed by atoms with van der Waals surface area (Å²) in [7, 11) is 1.39. The van der Waals surface area contributed by atoms with Gasteiger partial charge in [0.15, 0.2) is 11.5 Å². The van der Waals surface area contributed by atoms with Gasteiger partial charge in [0.1, 0.15) is 6.04 Å². The summed E-state index contributed by atoms with van der Waals surface area (Å²) >= 11 is 0. The number of nitrogens with zero attached hydrogens (tertiary/aromatic N) is 1. The van der Waals surface area contributed by atoms with Crippen molar-refractivity contribution in [3.63, 3.8) is 0 Å². The molecule has 148 valence electrons. The molecule has 2 aliphatic rings. The number of hydrogen-bond donors (Lipinski definition) is 2. The number of benzene rings is 2. The van der Waals surface area contributed by atoms with E-state index in [4.69, 9.17) is 14.2 Å². The van der Waals surface area contributed by atoms with E-state index in [2.05, 4.69) is 40.5 Å². The fourth-order valence-electron chi connectivity index (χ4n) is 3.92. The monoisotopic (exact) mass is 384 g/mol. The molecule has 2 heterocycles. The molecule has 2 aromatic carbocycles. The van der Waals surface area contributed by atoms with E-state index in [9.17, 15) is 4.79 Å². The van der Waals surface area contributed by atoms with Crippen LogP contribution in [0.25, 0.3) is 0 Å². The van der Waals surface area contributed by atoms with E-state index in [-0.39, 0.29) is 12.8 Å². The van der Waals surface area contributed by atoms with E-state index in [0.29, 0.717) is 6.54 Å². The maximum Gasteiger partial charge on any atom is 0.407 e. The number of fused-ring (bicyclic) bond motifs is 1. The second kappa shape index (κ2) is 8.39. The van der Waals surface area contributed by atoms with Crippen LogP contribution in [0.4, 0.5) is 10.5 Å². The summed E-state index contributed by atoms with van der Waals surface area (Å²) < 4.78 is 15.7. The van der Waals surface area contributed by atoms with Crippen molar-refractivity contribution in [2.24, 2.45) is 0 Å². The number of hydrogen-bond acceptors (Lipinski definition) is 5. The predicted octanol–water partition coefficient (Wildman–Crippen LogP) is 1.22. The summed E-state index contributed by atoms with van der Waals surface area (Å²) in [6.07, 6.45) is -0.409. The van der Waals surface area contributed by atoms with Crippen LogP contribution in [0.15, 0.2) is 48.5 Å². The molecule has 0 radical (unpaired) electrons. The summed E-state index contributed by atoms with van der Waals surface area (Å²) in [5.74, 6) is 1.54. The minimum absolute atomic E-state index is 0.117. The number of quaternary nitrogens is 1. The lowest BCUT2D eigenvalue weighted by Gasteiger charge is -2.37. The van der Waals surface area contributed by atoms with Crippen LogP contribution in [0.5, 0.6) is 11.5 Å². The Hall–Kier alpha value is -2.93. The number of nitrogens with one attached hydrogen (secondary N) is 2. The van der Waals surface area contributed by atoms with Crippen molar-refractivity contribution >= 4 is 11.8 Å². The molecule has 7 nitrogen and oxygen atoms in total. The number of ether oxygens (including phenoxy) is 3. The van der Waals surface area contributed by atoms with Crippen LogP contribution in [-0.4, -0.2) is 52.7 Å². The molecule has 7 heteroatoms. The average Bonchev–Trinajstić information content (AvgIpc) is 3.23. The highest BCUT2D eigenvalue weighted by Gasteiger charge is 2.30. The highest BCUT2D eigenvalue weighted by atomic mass is 16.7. The number of rotatable bonds is 5. The van der Waals surface area contributed by atoms with Crippen LogP contribution in [0.1, 0.15) is 11.6 Å². The first kappa shape index (κ1) is 18.4. The third-order valence-electron chi connectivity index (χ3n) is 5.45. The van der Waals surface area contributed by atoms with E-state index >= 15 is 0 Å². The molecular formula is C21H26N3O4+. The van der Waals surface area contributed by atoms with E-state index < -0.39 is 6.09 Å². The molecule has 0 unspecified atom stereocenters. The first-order chi connectivity index (χ1) is 13.7. The third-order valence-corrected chi connectivity index (χ3v) is 5.45. The van der Waals surface area contributed by atoms with Gasteiger partial charge in [0, 0.05) is 11.3 Å². The summed E-state index contributed by atoms with van der Waals surface area (Å²) in [5, 5.41) is 2.87. The van der Waals surface area contributed by atoms with Gasteiger partial charge in [-0.2, -0.15) is 0 Å². The van der Waals surface area contributed by atoms with Crippen molar-refractivity contribution in [2.45, 2.75) is 6.04 Å². The molecule has 0 bridgehead atoms. The zero-order valence-electron chi connectivity index (χ0n) is 16.0. The van der Waals surface area contributed by atoms with Crippen molar-refractivity contribution in [3.8, 4) is 11.5 Å². The van der Waals surface area contributed by atoms with Crippen molar-refractivity contribution in [2.75, 3.05) is 51.5 Å². The normalized spacial score (nSPS) is 17.2. The van der Waals surface area contributed by atoms with Crippen molar-refractivity contribution in [1.29, 1.82) is 0 Å². The zero-order valence-corrected chi connectivity index (χ0v) is 16.0. The fraction of sp³-hybridized carbons (Fsp3) is 0.381. The van der Waals surface area contributed by atoms with E-state index in [1.54, 1.807) is 0 Å². The van der Waals surface area contributed by atoms with Crippen LogP contribution >= 0.6 is 0 Å². The van der Waals surface area contributed by atoms with Gasteiger partial charge in [-0.3, -0.25) is 0 Å². The van der Waals surface area contributed by atoms with Crippen molar-refractivity contribution in [3.05, 3.63) is 54.1 Å². The summed E-state index contributed by atoms with van der Waals surface area (Å²) in [6, 6.07) is 16.6. The number of amides is 1. The number of carbonyl (C=O) groups is 1. The third kappa shape index (κ3) is 3.99. The standard InChI is InChI=1S/C21H25N3O4/c1-26-21(25)22-14-18(16-7-8-19-20(13-16)28-15-27-19)24-11-9-23(10-12-24)17-5-3-2-4-6-17/h2-8,13,18H,9-12,14-15H2,1H3,(H,22,25)/p+1/t18-/m0/s1. The van der Waals surface area contributed by atoms with Crippen LogP contribution in [0, 0.1) is 0 Å². The van der Waals surface area contributed by atoms with Crippen LogP contribution in [-0.2, 0) is 4.74 Å². The van der Waals surface area contributed by atoms with Gasteiger partial charge in [0.05, 0.1) is 39.8 Å². The number of para-hydroxylation sites is 1. The summed E-state index contributed by atoms with van der Waals surface area (Å²) in [4.78, 5) is 15.5. The summed E-state index contributed by atoms with van der Waals surface area (Å²) in [5.41, 5.74) is 2.39. The molecule has 1 fully saturated rings. The van der Waals surface area contributed by atoms with Crippen molar-refractivity contribution in [1.82, 2.24) is 5.32 Å². The highest BCUT2D eigenvalue weighted by molar-refractivity contribution is 5.66.